The highest BCUT2D eigenvalue weighted by Crippen LogP contribution is 2.18. The topological polar surface area (TPSA) is 70.2 Å². The number of rotatable bonds is 7. The molecule has 0 heterocycles. The van der Waals surface area contributed by atoms with Crippen LogP contribution in [0.2, 0.25) is 0 Å². The first-order valence-corrected chi connectivity index (χ1v) is 9.97. The molecule has 154 valence electrons. The van der Waals surface area contributed by atoms with Crippen LogP contribution in [0.15, 0.2) is 66.7 Å². The standard InChI is InChI=1S/C25H27N3O2/c1-17-11-13-20(14-12-17)15-27-25(30)21-8-4-5-9-23(21)26-16-24(29)28-22-10-6-7-18(2)19(22)3/h4-14,26H,15-16H2,1-3H3,(H,27,30)(H,28,29). The van der Waals surface area contributed by atoms with E-state index in [4.69, 9.17) is 0 Å². The van der Waals surface area contributed by atoms with E-state index >= 15 is 0 Å². The van der Waals surface area contributed by atoms with Gasteiger partial charge in [0.05, 0.1) is 12.1 Å². The van der Waals surface area contributed by atoms with Gasteiger partial charge in [-0.1, -0.05) is 54.1 Å². The first-order chi connectivity index (χ1) is 14.4. The molecule has 0 aliphatic rings. The average molecular weight is 402 g/mol. The lowest BCUT2D eigenvalue weighted by Gasteiger charge is -2.14. The van der Waals surface area contributed by atoms with E-state index in [0.717, 1.165) is 22.4 Å². The molecule has 0 saturated heterocycles. The normalized spacial score (nSPS) is 10.4. The van der Waals surface area contributed by atoms with Crippen LogP contribution in [0.5, 0.6) is 0 Å². The number of nitrogens with one attached hydrogen (secondary N) is 3. The van der Waals surface area contributed by atoms with Crippen molar-refractivity contribution in [3.63, 3.8) is 0 Å². The largest absolute Gasteiger partial charge is 0.376 e. The highest BCUT2D eigenvalue weighted by Gasteiger charge is 2.12. The molecule has 2 amide bonds. The Morgan fingerprint density at radius 2 is 1.50 bits per heavy atom. The predicted molar refractivity (Wildman–Crippen MR) is 122 cm³/mol. The maximum absolute atomic E-state index is 12.7. The second-order valence-electron chi connectivity index (χ2n) is 7.36. The van der Waals surface area contributed by atoms with Crippen molar-refractivity contribution in [3.8, 4) is 0 Å². The fourth-order valence-electron chi connectivity index (χ4n) is 3.08. The molecule has 5 heteroatoms. The van der Waals surface area contributed by atoms with Gasteiger partial charge in [0, 0.05) is 17.9 Å². The molecule has 0 fully saturated rings. The number of aryl methyl sites for hydroxylation is 2. The van der Waals surface area contributed by atoms with Crippen molar-refractivity contribution < 1.29 is 9.59 Å². The molecule has 3 aromatic carbocycles. The SMILES string of the molecule is Cc1ccc(CNC(=O)c2ccccc2NCC(=O)Nc2cccc(C)c2C)cc1. The van der Waals surface area contributed by atoms with Gasteiger partial charge in [-0.15, -0.1) is 0 Å². The van der Waals surface area contributed by atoms with Crippen molar-refractivity contribution >= 4 is 23.2 Å². The fourth-order valence-corrected chi connectivity index (χ4v) is 3.08. The molecule has 3 rings (SSSR count). The van der Waals surface area contributed by atoms with Crippen molar-refractivity contribution in [2.45, 2.75) is 27.3 Å². The summed E-state index contributed by atoms with van der Waals surface area (Å²) in [6.07, 6.45) is 0. The summed E-state index contributed by atoms with van der Waals surface area (Å²) in [4.78, 5) is 25.1. The smallest absolute Gasteiger partial charge is 0.253 e. The van der Waals surface area contributed by atoms with Crippen molar-refractivity contribution in [2.75, 3.05) is 17.2 Å². The number of carbonyl (C=O) groups is 2. The third kappa shape index (κ3) is 5.47. The number of benzene rings is 3. The first-order valence-electron chi connectivity index (χ1n) is 9.97. The number of hydrogen-bond donors (Lipinski definition) is 3. The Morgan fingerprint density at radius 1 is 0.800 bits per heavy atom. The summed E-state index contributed by atoms with van der Waals surface area (Å²) >= 11 is 0. The Balaban J connectivity index is 1.60. The first kappa shape index (κ1) is 21.1. The molecule has 3 N–H and O–H groups in total. The number of carbonyl (C=O) groups excluding carboxylic acids is 2. The molecule has 0 unspecified atom stereocenters. The molecule has 0 radical (unpaired) electrons. The van der Waals surface area contributed by atoms with E-state index in [1.165, 1.54) is 5.56 Å². The molecular weight excluding hydrogens is 374 g/mol. The lowest BCUT2D eigenvalue weighted by atomic mass is 10.1. The summed E-state index contributed by atoms with van der Waals surface area (Å²) in [6.45, 7) is 6.53. The van der Waals surface area contributed by atoms with Crippen molar-refractivity contribution in [3.05, 3.63) is 94.5 Å². The second-order valence-corrected chi connectivity index (χ2v) is 7.36. The average Bonchev–Trinajstić information content (AvgIpc) is 2.75. The summed E-state index contributed by atoms with van der Waals surface area (Å²) in [5.41, 5.74) is 6.30. The van der Waals surface area contributed by atoms with E-state index < -0.39 is 0 Å². The van der Waals surface area contributed by atoms with Gasteiger partial charge in [-0.25, -0.2) is 0 Å². The number of anilines is 2. The van der Waals surface area contributed by atoms with Crippen LogP contribution in [0.25, 0.3) is 0 Å². The Kier molecular flexibility index (Phi) is 6.86. The number of para-hydroxylation sites is 1. The van der Waals surface area contributed by atoms with Crippen LogP contribution in [-0.4, -0.2) is 18.4 Å². The van der Waals surface area contributed by atoms with Crippen LogP contribution >= 0.6 is 0 Å². The van der Waals surface area contributed by atoms with Gasteiger partial charge >= 0.3 is 0 Å². The monoisotopic (exact) mass is 401 g/mol. The zero-order valence-electron chi connectivity index (χ0n) is 17.6. The second kappa shape index (κ2) is 9.74. The minimum Gasteiger partial charge on any atom is -0.376 e. The van der Waals surface area contributed by atoms with Gasteiger partial charge in [-0.2, -0.15) is 0 Å². The summed E-state index contributed by atoms with van der Waals surface area (Å²) in [5, 5.41) is 8.94. The Bertz CT molecular complexity index is 1040. The minimum atomic E-state index is -0.186. The number of hydrogen-bond acceptors (Lipinski definition) is 3. The molecular formula is C25H27N3O2. The Hall–Kier alpha value is -3.60. The zero-order valence-corrected chi connectivity index (χ0v) is 17.6. The summed E-state index contributed by atoms with van der Waals surface area (Å²) in [7, 11) is 0. The molecule has 0 aliphatic carbocycles. The minimum absolute atomic E-state index is 0.0651. The van der Waals surface area contributed by atoms with Gasteiger partial charge in [0.25, 0.3) is 5.91 Å². The van der Waals surface area contributed by atoms with Crippen LogP contribution in [-0.2, 0) is 11.3 Å². The van der Waals surface area contributed by atoms with E-state index in [0.29, 0.717) is 17.8 Å². The predicted octanol–water partition coefficient (Wildman–Crippen LogP) is 4.59. The Morgan fingerprint density at radius 3 is 2.27 bits per heavy atom. The molecule has 30 heavy (non-hydrogen) atoms. The van der Waals surface area contributed by atoms with E-state index in [1.807, 2.05) is 75.4 Å². The summed E-state index contributed by atoms with van der Waals surface area (Å²) < 4.78 is 0. The van der Waals surface area contributed by atoms with Gasteiger partial charge in [-0.3, -0.25) is 9.59 Å². The molecule has 5 nitrogen and oxygen atoms in total. The lowest BCUT2D eigenvalue weighted by molar-refractivity contribution is -0.114. The molecule has 0 bridgehead atoms. The van der Waals surface area contributed by atoms with Crippen LogP contribution in [0.3, 0.4) is 0 Å². The van der Waals surface area contributed by atoms with Gasteiger partial charge < -0.3 is 16.0 Å². The molecule has 3 aromatic rings. The van der Waals surface area contributed by atoms with Gasteiger partial charge in [-0.05, 0) is 55.7 Å². The molecule has 0 spiro atoms. The van der Waals surface area contributed by atoms with Gasteiger partial charge in [0.1, 0.15) is 0 Å². The van der Waals surface area contributed by atoms with Crippen LogP contribution in [0.1, 0.15) is 32.6 Å². The van der Waals surface area contributed by atoms with E-state index in [2.05, 4.69) is 16.0 Å². The third-order valence-corrected chi connectivity index (χ3v) is 5.06. The summed E-state index contributed by atoms with van der Waals surface area (Å²) in [5.74, 6) is -0.354. The van der Waals surface area contributed by atoms with E-state index in [1.54, 1.807) is 12.1 Å². The number of amides is 2. The maximum atomic E-state index is 12.7. The van der Waals surface area contributed by atoms with Crippen LogP contribution in [0.4, 0.5) is 11.4 Å². The van der Waals surface area contributed by atoms with Crippen LogP contribution in [0, 0.1) is 20.8 Å². The van der Waals surface area contributed by atoms with Crippen molar-refractivity contribution in [1.29, 1.82) is 0 Å². The van der Waals surface area contributed by atoms with E-state index in [-0.39, 0.29) is 18.4 Å². The third-order valence-electron chi connectivity index (χ3n) is 5.06. The lowest BCUT2D eigenvalue weighted by Crippen LogP contribution is -2.26. The molecule has 0 aromatic heterocycles. The quantitative estimate of drug-likeness (QED) is 0.542. The highest BCUT2D eigenvalue weighted by molar-refractivity contribution is 6.01. The van der Waals surface area contributed by atoms with Crippen LogP contribution < -0.4 is 16.0 Å². The zero-order chi connectivity index (χ0) is 21.5. The molecule has 0 aliphatic heterocycles. The van der Waals surface area contributed by atoms with Gasteiger partial charge in [0.15, 0.2) is 0 Å². The highest BCUT2D eigenvalue weighted by atomic mass is 16.2. The van der Waals surface area contributed by atoms with E-state index in [9.17, 15) is 9.59 Å². The summed E-state index contributed by atoms with van der Waals surface area (Å²) in [6, 6.07) is 21.0. The Labute approximate surface area is 177 Å². The van der Waals surface area contributed by atoms with Crippen molar-refractivity contribution in [2.24, 2.45) is 0 Å². The van der Waals surface area contributed by atoms with Crippen molar-refractivity contribution in [1.82, 2.24) is 5.32 Å². The molecule has 0 atom stereocenters. The maximum Gasteiger partial charge on any atom is 0.253 e. The molecule has 0 saturated carbocycles. The van der Waals surface area contributed by atoms with Gasteiger partial charge in [0.2, 0.25) is 5.91 Å². The fraction of sp³-hybridized carbons (Fsp3) is 0.200.